The number of nitrogens with two attached hydrogens (primary N) is 1. The Hall–Kier alpha value is -4.43. The Morgan fingerprint density at radius 1 is 0.855 bits per heavy atom. The molecule has 3 N–H and O–H groups in total. The van der Waals surface area contributed by atoms with E-state index in [2.05, 4.69) is 28.2 Å². The van der Waals surface area contributed by atoms with E-state index in [9.17, 15) is 14.6 Å². The number of carbonyl (C=O) groups excluding carboxylic acids is 1. The number of hydrogen-bond acceptors (Lipinski definition) is 14. The van der Waals surface area contributed by atoms with Crippen molar-refractivity contribution < 1.29 is 46.8 Å². The molecule has 0 aliphatic carbocycles. The Morgan fingerprint density at radius 3 is 2.12 bits per heavy atom. The molecule has 17 heteroatoms. The minimum Gasteiger partial charge on any atom is -0.462 e. The first-order valence-electron chi connectivity index (χ1n) is 25.1. The summed E-state index contributed by atoms with van der Waals surface area (Å²) in [4.78, 5) is 17.7. The number of rotatable bonds is 33. The number of anilines is 1. The predicted octanol–water partition coefficient (Wildman–Crippen LogP) is 10.8. The zero-order valence-electron chi connectivity index (χ0n) is 41.1. The first-order chi connectivity index (χ1) is 33.4. The van der Waals surface area contributed by atoms with E-state index in [-0.39, 0.29) is 24.8 Å². The van der Waals surface area contributed by atoms with Crippen molar-refractivity contribution in [1.29, 1.82) is 5.26 Å². The number of fused-ring (bicyclic) bond motifs is 2. The molecule has 2 aliphatic heterocycles. The number of carbonyl (C=O) groups is 1. The van der Waals surface area contributed by atoms with Gasteiger partial charge in [0.05, 0.1) is 18.9 Å². The molecule has 7 atom stereocenters. The molecule has 2 fully saturated rings. The SMILES string of the molecule is CCCCCCCCCCCCCCCCCCOCC(COC(=O)[C@@H](C)NP(=O)(OC[C@@]1(C#N)O[C@@H](c2ccc3c(N)ncnn23)[C@@H]2OC(C)(C)O[C@@H]21)Oc1ccccc1)OCc1ccccc1. The van der Waals surface area contributed by atoms with E-state index in [1.807, 2.05) is 30.3 Å². The number of ether oxygens (including phenoxy) is 6. The number of nitrogen functional groups attached to an aromatic ring is 1. The molecule has 2 aliphatic rings. The summed E-state index contributed by atoms with van der Waals surface area (Å²) in [6.07, 6.45) is 18.8. The molecule has 0 amide bonds. The summed E-state index contributed by atoms with van der Waals surface area (Å²) in [5.74, 6) is -1.39. The first-order valence-corrected chi connectivity index (χ1v) is 26.7. The van der Waals surface area contributed by atoms with Crippen molar-refractivity contribution >= 4 is 25.1 Å². The number of unbranched alkanes of at least 4 members (excludes halogenated alkanes) is 15. The average molecular weight is 975 g/mol. The second-order valence-corrected chi connectivity index (χ2v) is 20.4. The summed E-state index contributed by atoms with van der Waals surface area (Å²) >= 11 is 0. The van der Waals surface area contributed by atoms with Gasteiger partial charge in [0, 0.05) is 6.61 Å². The third-order valence-corrected chi connectivity index (χ3v) is 14.1. The van der Waals surface area contributed by atoms with Crippen LogP contribution in [0, 0.1) is 11.3 Å². The third-order valence-electron chi connectivity index (χ3n) is 12.5. The van der Waals surface area contributed by atoms with Crippen molar-refractivity contribution in [3.63, 3.8) is 0 Å². The zero-order chi connectivity index (χ0) is 49.0. The van der Waals surface area contributed by atoms with Crippen molar-refractivity contribution in [3.8, 4) is 11.8 Å². The van der Waals surface area contributed by atoms with E-state index >= 15 is 0 Å². The van der Waals surface area contributed by atoms with Crippen molar-refractivity contribution in [2.45, 2.75) is 179 Å². The molecule has 4 aromatic rings. The Morgan fingerprint density at radius 2 is 1.48 bits per heavy atom. The van der Waals surface area contributed by atoms with Crippen LogP contribution in [0.5, 0.6) is 5.75 Å². The molecule has 0 radical (unpaired) electrons. The number of esters is 1. The normalized spacial score (nSPS) is 21.3. The molecule has 6 rings (SSSR count). The predicted molar refractivity (Wildman–Crippen MR) is 263 cm³/mol. The first kappa shape index (κ1) is 53.9. The lowest BCUT2D eigenvalue weighted by atomic mass is 9.96. The van der Waals surface area contributed by atoms with E-state index in [0.29, 0.717) is 24.4 Å². The van der Waals surface area contributed by atoms with E-state index in [1.54, 1.807) is 60.8 Å². The molecule has 2 saturated heterocycles. The van der Waals surface area contributed by atoms with E-state index in [1.165, 1.54) is 103 Å². The number of aromatic nitrogens is 3. The maximum absolute atomic E-state index is 14.8. The highest BCUT2D eigenvalue weighted by molar-refractivity contribution is 7.52. The van der Waals surface area contributed by atoms with Gasteiger partial charge in [-0.1, -0.05) is 152 Å². The topological polar surface area (TPSA) is 200 Å². The fourth-order valence-electron chi connectivity index (χ4n) is 8.77. The molecule has 0 spiro atoms. The van der Waals surface area contributed by atoms with Gasteiger partial charge in [-0.15, -0.1) is 0 Å². The van der Waals surface area contributed by atoms with Gasteiger partial charge in [-0.2, -0.15) is 15.4 Å². The highest BCUT2D eigenvalue weighted by Gasteiger charge is 2.65. The van der Waals surface area contributed by atoms with Crippen LogP contribution in [0.25, 0.3) is 5.52 Å². The number of nitrogens with zero attached hydrogens (tertiary/aromatic N) is 4. The monoisotopic (exact) mass is 975 g/mol. The smallest absolute Gasteiger partial charge is 0.459 e. The van der Waals surface area contributed by atoms with E-state index in [4.69, 9.17) is 43.2 Å². The minimum absolute atomic E-state index is 0.116. The summed E-state index contributed by atoms with van der Waals surface area (Å²) in [5.41, 5.74) is 6.29. The van der Waals surface area contributed by atoms with Crippen LogP contribution in [-0.2, 0) is 48.9 Å². The van der Waals surface area contributed by atoms with E-state index in [0.717, 1.165) is 18.4 Å². The molecule has 378 valence electrons. The van der Waals surface area contributed by atoms with Gasteiger partial charge in [0.2, 0.25) is 5.60 Å². The summed E-state index contributed by atoms with van der Waals surface area (Å²) in [7, 11) is -4.48. The Balaban J connectivity index is 1.000. The van der Waals surface area contributed by atoms with Crippen LogP contribution in [-0.4, -0.2) is 82.7 Å². The Bertz CT molecular complexity index is 2230. The maximum atomic E-state index is 14.8. The lowest BCUT2D eigenvalue weighted by Crippen LogP contribution is -2.46. The van der Waals surface area contributed by atoms with Crippen LogP contribution >= 0.6 is 7.75 Å². The fourth-order valence-corrected chi connectivity index (χ4v) is 10.3. The summed E-state index contributed by atoms with van der Waals surface area (Å²) in [6.45, 7) is 7.58. The average Bonchev–Trinajstić information content (AvgIpc) is 4.01. The van der Waals surface area contributed by atoms with Crippen molar-refractivity contribution in [2.24, 2.45) is 0 Å². The van der Waals surface area contributed by atoms with Crippen LogP contribution in [0.1, 0.15) is 148 Å². The van der Waals surface area contributed by atoms with Gasteiger partial charge in [0.15, 0.2) is 11.6 Å². The van der Waals surface area contributed by atoms with Gasteiger partial charge in [-0.05, 0) is 57.0 Å². The molecule has 16 nitrogen and oxygen atoms in total. The fraction of sp³-hybridized carbons (Fsp3) is 0.615. The van der Waals surface area contributed by atoms with Gasteiger partial charge < -0.3 is 38.7 Å². The second kappa shape index (κ2) is 27.2. The van der Waals surface area contributed by atoms with Crippen LogP contribution in [0.4, 0.5) is 5.82 Å². The van der Waals surface area contributed by atoms with Crippen molar-refractivity contribution in [3.05, 3.63) is 90.4 Å². The lowest BCUT2D eigenvalue weighted by Gasteiger charge is -2.30. The Labute approximate surface area is 408 Å². The number of benzene rings is 2. The standard InChI is InChI=1S/C52H75N6O10P/c1-5-6-7-8-9-10-11-12-13-14-15-16-17-18-19-26-33-61-35-43(62-34-41-27-22-20-23-28-41)36-63-50(59)40(2)57-69(60,68-42-29-24-21-25-30-42)64-38-52(37-53)48-47(65-51(3,4)67-48)46(66-52)44-31-32-45-49(54)55-39-56-58(44)45/h20-25,27-32,39-40,43,46-48H,5-19,26,33-36,38H2,1-4H3,(H,57,60)(H2,54,55,56)/t40-,43?,46+,47+,48+,52-,69?/m1/s1. The van der Waals surface area contributed by atoms with Crippen molar-refractivity contribution in [2.75, 3.05) is 32.2 Å². The quantitative estimate of drug-likeness (QED) is 0.0259. The summed E-state index contributed by atoms with van der Waals surface area (Å²) in [5, 5.41) is 17.9. The largest absolute Gasteiger partial charge is 0.462 e. The summed E-state index contributed by atoms with van der Waals surface area (Å²) in [6, 6.07) is 22.6. The highest BCUT2D eigenvalue weighted by atomic mass is 31.2. The molecular weight excluding hydrogens is 900 g/mol. The van der Waals surface area contributed by atoms with Crippen LogP contribution < -0.4 is 15.3 Å². The Kier molecular flexibility index (Phi) is 21.3. The van der Waals surface area contributed by atoms with Crippen LogP contribution in [0.2, 0.25) is 0 Å². The van der Waals surface area contributed by atoms with E-state index < -0.39 is 62.2 Å². The van der Waals surface area contributed by atoms with Gasteiger partial charge in [0.1, 0.15) is 67.3 Å². The van der Waals surface area contributed by atoms with Gasteiger partial charge >= 0.3 is 13.7 Å². The van der Waals surface area contributed by atoms with Gasteiger partial charge in [-0.3, -0.25) is 9.32 Å². The molecule has 2 aromatic heterocycles. The zero-order valence-corrected chi connectivity index (χ0v) is 42.0. The molecule has 2 unspecified atom stereocenters. The van der Waals surface area contributed by atoms with Crippen LogP contribution in [0.15, 0.2) is 79.1 Å². The second-order valence-electron chi connectivity index (χ2n) is 18.7. The van der Waals surface area contributed by atoms with Crippen molar-refractivity contribution in [1.82, 2.24) is 19.7 Å². The molecule has 4 heterocycles. The molecule has 69 heavy (non-hydrogen) atoms. The van der Waals surface area contributed by atoms with Crippen LogP contribution in [0.3, 0.4) is 0 Å². The maximum Gasteiger partial charge on any atom is 0.459 e. The lowest BCUT2D eigenvalue weighted by molar-refractivity contribution is -0.204. The number of nitriles is 1. The molecule has 2 aromatic carbocycles. The molecule has 0 bridgehead atoms. The number of nitrogens with one attached hydrogen (secondary N) is 1. The van der Waals surface area contributed by atoms with Gasteiger partial charge in [0.25, 0.3) is 0 Å². The molecular formula is C52H75N6O10P. The third kappa shape index (κ3) is 16.3. The number of hydrogen-bond donors (Lipinski definition) is 2. The summed E-state index contributed by atoms with van der Waals surface area (Å²) < 4.78 is 65.4. The van der Waals surface area contributed by atoms with Gasteiger partial charge in [-0.25, -0.2) is 14.1 Å². The minimum atomic E-state index is -4.48. The molecule has 0 saturated carbocycles. The highest BCUT2D eigenvalue weighted by Crippen LogP contribution is 2.53. The number of para-hydroxylation sites is 1.